The number of hydrogen-bond acceptors (Lipinski definition) is 3. The lowest BCUT2D eigenvalue weighted by Crippen LogP contribution is -2.34. The maximum atomic E-state index is 12.9. The molecule has 7 heteroatoms. The summed E-state index contributed by atoms with van der Waals surface area (Å²) in [5, 5.41) is 2.94. The third kappa shape index (κ3) is 5.00. The van der Waals surface area contributed by atoms with Gasteiger partial charge in [-0.3, -0.25) is 4.79 Å². The Hall–Kier alpha value is -1.47. The minimum Gasteiger partial charge on any atom is -0.353 e. The van der Waals surface area contributed by atoms with Crippen LogP contribution in [0.15, 0.2) is 29.2 Å². The van der Waals surface area contributed by atoms with E-state index in [0.29, 0.717) is 18.8 Å². The van der Waals surface area contributed by atoms with Crippen molar-refractivity contribution in [2.45, 2.75) is 43.5 Å². The van der Waals surface area contributed by atoms with Gasteiger partial charge in [0.15, 0.2) is 0 Å². The van der Waals surface area contributed by atoms with E-state index in [1.54, 1.807) is 0 Å². The van der Waals surface area contributed by atoms with E-state index in [1.807, 2.05) is 6.92 Å². The van der Waals surface area contributed by atoms with Gasteiger partial charge >= 0.3 is 0 Å². The Bertz CT molecular complexity index is 642. The number of benzene rings is 1. The summed E-state index contributed by atoms with van der Waals surface area (Å²) in [5.74, 6) is 0.0746. The van der Waals surface area contributed by atoms with Gasteiger partial charge in [-0.15, -0.1) is 0 Å². The number of carbonyl (C=O) groups excluding carboxylic acids is 1. The predicted molar refractivity (Wildman–Crippen MR) is 85.8 cm³/mol. The van der Waals surface area contributed by atoms with Crippen LogP contribution in [0.2, 0.25) is 0 Å². The number of carbonyl (C=O) groups is 1. The molecular weight excluding hydrogens is 319 g/mol. The van der Waals surface area contributed by atoms with Gasteiger partial charge in [-0.05, 0) is 56.4 Å². The molecule has 0 heterocycles. The lowest BCUT2D eigenvalue weighted by molar-refractivity contribution is -0.121. The Labute approximate surface area is 136 Å². The van der Waals surface area contributed by atoms with Gasteiger partial charge in [-0.25, -0.2) is 17.1 Å². The van der Waals surface area contributed by atoms with Crippen molar-refractivity contribution in [2.75, 3.05) is 13.6 Å². The predicted octanol–water partition coefficient (Wildman–Crippen LogP) is 2.14. The van der Waals surface area contributed by atoms with E-state index in [9.17, 15) is 17.6 Å². The van der Waals surface area contributed by atoms with Gasteiger partial charge in [-0.2, -0.15) is 0 Å². The standard InChI is InChI=1S/C16H23FN2O3S/c1-12(13-5-6-13)18-16(20)4-3-11-19(2)23(21,22)15-9-7-14(17)8-10-15/h7-10,12-13H,3-6,11H2,1-2H3,(H,18,20). The highest BCUT2D eigenvalue weighted by molar-refractivity contribution is 7.89. The highest BCUT2D eigenvalue weighted by atomic mass is 32.2. The minimum atomic E-state index is -3.65. The maximum absolute atomic E-state index is 12.9. The highest BCUT2D eigenvalue weighted by Gasteiger charge is 2.28. The van der Waals surface area contributed by atoms with Gasteiger partial charge in [0.2, 0.25) is 15.9 Å². The van der Waals surface area contributed by atoms with Crippen LogP contribution in [0.5, 0.6) is 0 Å². The van der Waals surface area contributed by atoms with Crippen molar-refractivity contribution in [1.82, 2.24) is 9.62 Å². The zero-order valence-electron chi connectivity index (χ0n) is 13.5. The van der Waals surface area contributed by atoms with Crippen LogP contribution in [0.4, 0.5) is 4.39 Å². The van der Waals surface area contributed by atoms with E-state index in [4.69, 9.17) is 0 Å². The van der Waals surface area contributed by atoms with Gasteiger partial charge in [0.05, 0.1) is 4.90 Å². The molecule has 0 spiro atoms. The molecule has 0 aliphatic heterocycles. The van der Waals surface area contributed by atoms with Crippen LogP contribution in [-0.4, -0.2) is 38.3 Å². The van der Waals surface area contributed by atoms with Crippen LogP contribution < -0.4 is 5.32 Å². The molecule has 23 heavy (non-hydrogen) atoms. The topological polar surface area (TPSA) is 66.5 Å². The summed E-state index contributed by atoms with van der Waals surface area (Å²) in [6.07, 6.45) is 3.07. The summed E-state index contributed by atoms with van der Waals surface area (Å²) in [5.41, 5.74) is 0. The summed E-state index contributed by atoms with van der Waals surface area (Å²) in [7, 11) is -2.18. The molecular formula is C16H23FN2O3S. The molecule has 1 saturated carbocycles. The molecule has 0 radical (unpaired) electrons. The molecule has 1 aromatic rings. The van der Waals surface area contributed by atoms with Crippen molar-refractivity contribution >= 4 is 15.9 Å². The Morgan fingerprint density at radius 3 is 2.52 bits per heavy atom. The van der Waals surface area contributed by atoms with E-state index in [1.165, 1.54) is 36.3 Å². The maximum Gasteiger partial charge on any atom is 0.242 e. The Morgan fingerprint density at radius 2 is 1.96 bits per heavy atom. The summed E-state index contributed by atoms with van der Waals surface area (Å²) >= 11 is 0. The van der Waals surface area contributed by atoms with Gasteiger partial charge in [0, 0.05) is 26.1 Å². The molecule has 2 rings (SSSR count). The van der Waals surface area contributed by atoms with Gasteiger partial charge in [0.1, 0.15) is 5.82 Å². The van der Waals surface area contributed by atoms with Gasteiger partial charge in [0.25, 0.3) is 0 Å². The SMILES string of the molecule is CC(NC(=O)CCCN(C)S(=O)(=O)c1ccc(F)cc1)C1CC1. The highest BCUT2D eigenvalue weighted by Crippen LogP contribution is 2.32. The average molecular weight is 342 g/mol. The largest absolute Gasteiger partial charge is 0.353 e. The fourth-order valence-electron chi connectivity index (χ4n) is 2.41. The molecule has 0 aromatic heterocycles. The normalized spacial score (nSPS) is 16.3. The number of rotatable bonds is 8. The molecule has 5 nitrogen and oxygen atoms in total. The van der Waals surface area contributed by atoms with Crippen LogP contribution >= 0.6 is 0 Å². The number of halogens is 1. The van der Waals surface area contributed by atoms with Gasteiger partial charge in [-0.1, -0.05) is 0 Å². The molecule has 1 amide bonds. The van der Waals surface area contributed by atoms with Crippen LogP contribution in [0.25, 0.3) is 0 Å². The molecule has 128 valence electrons. The average Bonchev–Trinajstić information content (AvgIpc) is 3.32. The molecule has 1 aromatic carbocycles. The lowest BCUT2D eigenvalue weighted by atomic mass is 10.2. The molecule has 1 aliphatic rings. The lowest BCUT2D eigenvalue weighted by Gasteiger charge is -2.17. The van der Waals surface area contributed by atoms with Crippen LogP contribution in [0.1, 0.15) is 32.6 Å². The van der Waals surface area contributed by atoms with E-state index >= 15 is 0 Å². The minimum absolute atomic E-state index is 0.0445. The second-order valence-electron chi connectivity index (χ2n) is 6.08. The third-order valence-electron chi connectivity index (χ3n) is 4.12. The smallest absolute Gasteiger partial charge is 0.242 e. The number of nitrogens with zero attached hydrogens (tertiary/aromatic N) is 1. The van der Waals surface area contributed by atoms with E-state index < -0.39 is 15.8 Å². The van der Waals surface area contributed by atoms with Crippen molar-refractivity contribution in [1.29, 1.82) is 0 Å². The molecule has 0 saturated heterocycles. The monoisotopic (exact) mass is 342 g/mol. The summed E-state index contributed by atoms with van der Waals surface area (Å²) in [4.78, 5) is 11.9. The van der Waals surface area contributed by atoms with Crippen LogP contribution in [0, 0.1) is 11.7 Å². The first kappa shape index (κ1) is 17.9. The molecule has 1 N–H and O–H groups in total. The first-order valence-corrected chi connectivity index (χ1v) is 9.26. The van der Waals surface area contributed by atoms with Crippen molar-refractivity contribution < 1.29 is 17.6 Å². The first-order chi connectivity index (χ1) is 10.8. The van der Waals surface area contributed by atoms with E-state index in [-0.39, 0.29) is 23.4 Å². The third-order valence-corrected chi connectivity index (χ3v) is 5.99. The zero-order valence-corrected chi connectivity index (χ0v) is 14.3. The van der Waals surface area contributed by atoms with Gasteiger partial charge < -0.3 is 5.32 Å². The number of sulfonamides is 1. The summed E-state index contributed by atoms with van der Waals surface area (Å²) in [6, 6.07) is 4.92. The quantitative estimate of drug-likeness (QED) is 0.787. The Morgan fingerprint density at radius 1 is 1.35 bits per heavy atom. The fraction of sp³-hybridized carbons (Fsp3) is 0.562. The Balaban J connectivity index is 1.80. The summed E-state index contributed by atoms with van der Waals surface area (Å²) in [6.45, 7) is 2.24. The second-order valence-corrected chi connectivity index (χ2v) is 8.12. The van der Waals surface area contributed by atoms with Crippen LogP contribution in [-0.2, 0) is 14.8 Å². The van der Waals surface area contributed by atoms with E-state index in [2.05, 4.69) is 5.32 Å². The molecule has 0 bridgehead atoms. The second kappa shape index (κ2) is 7.40. The van der Waals surface area contributed by atoms with E-state index in [0.717, 1.165) is 12.1 Å². The molecule has 1 atom stereocenters. The van der Waals surface area contributed by atoms with Crippen LogP contribution in [0.3, 0.4) is 0 Å². The molecule has 1 aliphatic carbocycles. The molecule has 1 fully saturated rings. The van der Waals surface area contributed by atoms with Crippen molar-refractivity contribution in [3.8, 4) is 0 Å². The fourth-order valence-corrected chi connectivity index (χ4v) is 3.62. The number of amides is 1. The number of hydrogen-bond donors (Lipinski definition) is 1. The number of nitrogens with one attached hydrogen (secondary N) is 1. The first-order valence-electron chi connectivity index (χ1n) is 7.82. The van der Waals surface area contributed by atoms with Crippen molar-refractivity contribution in [3.63, 3.8) is 0 Å². The van der Waals surface area contributed by atoms with Crippen molar-refractivity contribution in [3.05, 3.63) is 30.1 Å². The summed E-state index contributed by atoms with van der Waals surface area (Å²) < 4.78 is 38.7. The van der Waals surface area contributed by atoms with Crippen molar-refractivity contribution in [2.24, 2.45) is 5.92 Å². The Kier molecular flexibility index (Phi) is 5.75. The molecule has 1 unspecified atom stereocenters. The zero-order chi connectivity index (χ0) is 17.0.